The molecule has 0 aliphatic carbocycles. The van der Waals surface area contributed by atoms with Gasteiger partial charge in [-0.05, 0) is 23.8 Å². The van der Waals surface area contributed by atoms with Crippen LogP contribution in [0.5, 0.6) is 0 Å². The minimum atomic E-state index is -0.483. The van der Waals surface area contributed by atoms with Crippen molar-refractivity contribution in [3.63, 3.8) is 0 Å². The summed E-state index contributed by atoms with van der Waals surface area (Å²) in [5.74, 6) is 1.40. The Bertz CT molecular complexity index is 985. The lowest BCUT2D eigenvalue weighted by Crippen LogP contribution is -2.26. The Morgan fingerprint density at radius 1 is 1.14 bits per heavy atom. The summed E-state index contributed by atoms with van der Waals surface area (Å²) in [5.41, 5.74) is 1.47. The maximum atomic E-state index is 12.4. The number of halogens is 1. The van der Waals surface area contributed by atoms with E-state index in [4.69, 9.17) is 16.0 Å². The minimum Gasteiger partial charge on any atom is -0.461 e. The second kappa shape index (κ2) is 8.71. The van der Waals surface area contributed by atoms with Gasteiger partial charge in [0.15, 0.2) is 0 Å². The number of carbonyl (C=O) groups is 1. The highest BCUT2D eigenvalue weighted by atomic mass is 35.5. The van der Waals surface area contributed by atoms with Crippen molar-refractivity contribution in [2.45, 2.75) is 19.4 Å². The molecule has 0 saturated carbocycles. The Morgan fingerprint density at radius 2 is 1.89 bits per heavy atom. The van der Waals surface area contributed by atoms with E-state index >= 15 is 0 Å². The molecule has 0 bridgehead atoms. The van der Waals surface area contributed by atoms with Gasteiger partial charge in [0.2, 0.25) is 5.91 Å². The molecule has 1 amide bonds. The number of furan rings is 1. The van der Waals surface area contributed by atoms with E-state index in [1.54, 1.807) is 7.05 Å². The van der Waals surface area contributed by atoms with Crippen LogP contribution in [0.2, 0.25) is 5.02 Å². The van der Waals surface area contributed by atoms with E-state index in [0.29, 0.717) is 17.0 Å². The molecule has 0 spiro atoms. The van der Waals surface area contributed by atoms with Crippen molar-refractivity contribution in [2.75, 3.05) is 7.05 Å². The molecule has 1 heterocycles. The maximum absolute atomic E-state index is 12.4. The molecule has 2 aromatic carbocycles. The molecule has 3 rings (SSSR count). The molecule has 0 aliphatic rings. The Labute approximate surface area is 167 Å². The molecular formula is C21H19ClN2O4. The van der Waals surface area contributed by atoms with Gasteiger partial charge in [-0.3, -0.25) is 14.9 Å². The molecule has 28 heavy (non-hydrogen) atoms. The zero-order valence-corrected chi connectivity index (χ0v) is 16.1. The number of rotatable bonds is 7. The first-order valence-corrected chi connectivity index (χ1v) is 9.13. The second-order valence-electron chi connectivity index (χ2n) is 6.41. The quantitative estimate of drug-likeness (QED) is 0.410. The Balaban J connectivity index is 1.59. The Kier molecular flexibility index (Phi) is 6.11. The van der Waals surface area contributed by atoms with Crippen LogP contribution in [0.25, 0.3) is 11.3 Å². The van der Waals surface area contributed by atoms with Crippen LogP contribution >= 0.6 is 11.6 Å². The van der Waals surface area contributed by atoms with Crippen molar-refractivity contribution in [2.24, 2.45) is 0 Å². The number of carbonyl (C=O) groups excluding carboxylic acids is 1. The van der Waals surface area contributed by atoms with Crippen LogP contribution in [-0.2, 0) is 17.8 Å². The molecule has 144 valence electrons. The summed E-state index contributed by atoms with van der Waals surface area (Å²) >= 11 is 6.11. The first-order chi connectivity index (χ1) is 13.4. The molecule has 0 fully saturated rings. The minimum absolute atomic E-state index is 0.0516. The SMILES string of the molecule is CN(Cc1cc([N+](=O)[O-])ccc1Cl)C(=O)CCc1ccc(-c2ccccc2)o1. The number of amides is 1. The van der Waals surface area contributed by atoms with E-state index in [9.17, 15) is 14.9 Å². The van der Waals surface area contributed by atoms with Gasteiger partial charge >= 0.3 is 0 Å². The average Bonchev–Trinajstić information content (AvgIpc) is 3.17. The highest BCUT2D eigenvalue weighted by Crippen LogP contribution is 2.24. The Hall–Kier alpha value is -3.12. The topological polar surface area (TPSA) is 76.6 Å². The van der Waals surface area contributed by atoms with Crippen LogP contribution in [-0.4, -0.2) is 22.8 Å². The normalized spacial score (nSPS) is 10.6. The molecule has 0 atom stereocenters. The first-order valence-electron chi connectivity index (χ1n) is 8.75. The van der Waals surface area contributed by atoms with E-state index in [0.717, 1.165) is 17.1 Å². The van der Waals surface area contributed by atoms with Gasteiger partial charge in [0, 0.05) is 49.2 Å². The van der Waals surface area contributed by atoms with Crippen molar-refractivity contribution in [3.8, 4) is 11.3 Å². The lowest BCUT2D eigenvalue weighted by Gasteiger charge is -2.17. The second-order valence-corrected chi connectivity index (χ2v) is 6.82. The van der Waals surface area contributed by atoms with Gasteiger partial charge in [0.1, 0.15) is 11.5 Å². The summed E-state index contributed by atoms with van der Waals surface area (Å²) in [7, 11) is 1.65. The summed E-state index contributed by atoms with van der Waals surface area (Å²) in [5, 5.41) is 11.3. The fourth-order valence-electron chi connectivity index (χ4n) is 2.83. The lowest BCUT2D eigenvalue weighted by atomic mass is 10.1. The third kappa shape index (κ3) is 4.78. The lowest BCUT2D eigenvalue weighted by molar-refractivity contribution is -0.384. The molecule has 0 aliphatic heterocycles. The standard InChI is InChI=1S/C21H19ClN2O4/c1-23(14-16-13-17(24(26)27)7-10-19(16)22)21(25)12-9-18-8-11-20(28-18)15-5-3-2-4-6-15/h2-8,10-11,13H,9,12,14H2,1H3. The van der Waals surface area contributed by atoms with Crippen molar-refractivity contribution in [1.82, 2.24) is 4.90 Å². The number of nitro benzene ring substituents is 1. The zero-order valence-electron chi connectivity index (χ0n) is 15.3. The van der Waals surface area contributed by atoms with Crippen LogP contribution < -0.4 is 0 Å². The van der Waals surface area contributed by atoms with E-state index in [2.05, 4.69) is 0 Å². The summed E-state index contributed by atoms with van der Waals surface area (Å²) < 4.78 is 5.81. The van der Waals surface area contributed by atoms with Crippen molar-refractivity contribution >= 4 is 23.2 Å². The number of nitrogens with zero attached hydrogens (tertiary/aromatic N) is 2. The van der Waals surface area contributed by atoms with Crippen LogP contribution in [0.3, 0.4) is 0 Å². The Morgan fingerprint density at radius 3 is 2.61 bits per heavy atom. The monoisotopic (exact) mass is 398 g/mol. The maximum Gasteiger partial charge on any atom is 0.269 e. The van der Waals surface area contributed by atoms with Crippen LogP contribution in [0.15, 0.2) is 65.1 Å². The van der Waals surface area contributed by atoms with Gasteiger partial charge in [-0.1, -0.05) is 41.9 Å². The number of benzene rings is 2. The van der Waals surface area contributed by atoms with E-state index in [1.165, 1.54) is 23.1 Å². The fraction of sp³-hybridized carbons (Fsp3) is 0.190. The summed E-state index contributed by atoms with van der Waals surface area (Å²) in [6, 6.07) is 17.7. The first kappa shape index (κ1) is 19.6. The van der Waals surface area contributed by atoms with Crippen LogP contribution in [0, 0.1) is 10.1 Å². The molecule has 0 unspecified atom stereocenters. The molecule has 1 aromatic heterocycles. The summed E-state index contributed by atoms with van der Waals surface area (Å²) in [6.45, 7) is 0.201. The van der Waals surface area contributed by atoms with Gasteiger partial charge in [-0.2, -0.15) is 0 Å². The summed E-state index contributed by atoms with van der Waals surface area (Å²) in [4.78, 5) is 24.4. The smallest absolute Gasteiger partial charge is 0.269 e. The number of nitro groups is 1. The predicted octanol–water partition coefficient (Wildman–Crippen LogP) is 5.10. The van der Waals surface area contributed by atoms with Gasteiger partial charge in [-0.25, -0.2) is 0 Å². The van der Waals surface area contributed by atoms with Crippen molar-refractivity contribution < 1.29 is 14.1 Å². The number of non-ortho nitro benzene ring substituents is 1. The largest absolute Gasteiger partial charge is 0.461 e. The zero-order chi connectivity index (χ0) is 20.1. The highest BCUT2D eigenvalue weighted by Gasteiger charge is 2.15. The highest BCUT2D eigenvalue weighted by molar-refractivity contribution is 6.31. The van der Waals surface area contributed by atoms with E-state index in [-0.39, 0.29) is 24.6 Å². The van der Waals surface area contributed by atoms with Crippen LogP contribution in [0.1, 0.15) is 17.7 Å². The summed E-state index contributed by atoms with van der Waals surface area (Å²) in [6.07, 6.45) is 0.740. The average molecular weight is 399 g/mol. The van der Waals surface area contributed by atoms with E-state index < -0.39 is 4.92 Å². The molecular weight excluding hydrogens is 380 g/mol. The van der Waals surface area contributed by atoms with Gasteiger partial charge in [0.05, 0.1) is 4.92 Å². The molecule has 0 N–H and O–H groups in total. The van der Waals surface area contributed by atoms with Gasteiger partial charge < -0.3 is 9.32 Å². The molecule has 6 nitrogen and oxygen atoms in total. The number of hydrogen-bond donors (Lipinski definition) is 0. The fourth-order valence-corrected chi connectivity index (χ4v) is 3.01. The van der Waals surface area contributed by atoms with Gasteiger partial charge in [0.25, 0.3) is 5.69 Å². The predicted molar refractivity (Wildman–Crippen MR) is 107 cm³/mol. The third-order valence-corrected chi connectivity index (χ3v) is 4.75. The molecule has 0 saturated heterocycles. The molecule has 0 radical (unpaired) electrons. The molecule has 7 heteroatoms. The van der Waals surface area contributed by atoms with Crippen molar-refractivity contribution in [3.05, 3.63) is 87.1 Å². The number of hydrogen-bond acceptors (Lipinski definition) is 4. The number of aryl methyl sites for hydroxylation is 1. The molecule has 3 aromatic rings. The van der Waals surface area contributed by atoms with E-state index in [1.807, 2.05) is 42.5 Å². The third-order valence-electron chi connectivity index (χ3n) is 4.38. The van der Waals surface area contributed by atoms with Crippen LogP contribution in [0.4, 0.5) is 5.69 Å². The van der Waals surface area contributed by atoms with Crippen molar-refractivity contribution in [1.29, 1.82) is 0 Å². The van der Waals surface area contributed by atoms with Gasteiger partial charge in [-0.15, -0.1) is 0 Å².